The number of nitrogens with one attached hydrogen (secondary N) is 1. The topological polar surface area (TPSA) is 52.7 Å². The summed E-state index contributed by atoms with van der Waals surface area (Å²) < 4.78 is 0. The van der Waals surface area contributed by atoms with Crippen LogP contribution in [0.1, 0.15) is 66.2 Å². The van der Waals surface area contributed by atoms with Crippen LogP contribution in [0.25, 0.3) is 0 Å². The zero-order chi connectivity index (χ0) is 17.7. The quantitative estimate of drug-likeness (QED) is 0.776. The Morgan fingerprint density at radius 1 is 1.12 bits per heavy atom. The molecule has 5 nitrogen and oxygen atoms in total. The van der Waals surface area contributed by atoms with Gasteiger partial charge in [0.15, 0.2) is 0 Å². The second-order valence-electron chi connectivity index (χ2n) is 7.87. The van der Waals surface area contributed by atoms with Crippen molar-refractivity contribution in [3.8, 4) is 0 Å². The van der Waals surface area contributed by atoms with Gasteiger partial charge in [-0.15, -0.1) is 0 Å². The minimum absolute atomic E-state index is 0.0799. The van der Waals surface area contributed by atoms with Crippen molar-refractivity contribution >= 4 is 11.8 Å². The third-order valence-corrected chi connectivity index (χ3v) is 5.47. The Kier molecular flexibility index (Phi) is 6.67. The SMILES string of the molecule is CCCCN1CCC2(CC1)C(=O)NC(CC(C)C)C(=O)N2CCC. The van der Waals surface area contributed by atoms with Crippen LogP contribution in [-0.2, 0) is 9.59 Å². The molecule has 2 amide bonds. The van der Waals surface area contributed by atoms with E-state index in [0.29, 0.717) is 12.5 Å². The van der Waals surface area contributed by atoms with E-state index in [4.69, 9.17) is 0 Å². The summed E-state index contributed by atoms with van der Waals surface area (Å²) >= 11 is 0. The number of piperazine rings is 1. The van der Waals surface area contributed by atoms with Crippen LogP contribution in [0, 0.1) is 5.92 Å². The summed E-state index contributed by atoms with van der Waals surface area (Å²) in [5, 5.41) is 3.06. The van der Waals surface area contributed by atoms with Crippen molar-refractivity contribution in [1.82, 2.24) is 15.1 Å². The molecule has 1 unspecified atom stereocenters. The molecule has 0 aromatic rings. The number of rotatable bonds is 7. The van der Waals surface area contributed by atoms with Gasteiger partial charge in [-0.2, -0.15) is 0 Å². The molecule has 1 atom stereocenters. The molecule has 5 heteroatoms. The lowest BCUT2D eigenvalue weighted by Crippen LogP contribution is -2.73. The lowest BCUT2D eigenvalue weighted by molar-refractivity contribution is -0.161. The van der Waals surface area contributed by atoms with Crippen molar-refractivity contribution in [2.24, 2.45) is 5.92 Å². The van der Waals surface area contributed by atoms with Gasteiger partial charge >= 0.3 is 0 Å². The van der Waals surface area contributed by atoms with Crippen LogP contribution in [0.4, 0.5) is 0 Å². The highest BCUT2D eigenvalue weighted by molar-refractivity contribution is 6.00. The molecule has 0 radical (unpaired) electrons. The van der Waals surface area contributed by atoms with Gasteiger partial charge in [-0.25, -0.2) is 0 Å². The number of nitrogens with zero attached hydrogens (tertiary/aromatic N) is 2. The zero-order valence-corrected chi connectivity index (χ0v) is 15.9. The Bertz CT molecular complexity index is 442. The number of piperidine rings is 1. The minimum atomic E-state index is -0.608. The van der Waals surface area contributed by atoms with E-state index < -0.39 is 5.54 Å². The van der Waals surface area contributed by atoms with Gasteiger partial charge in [0, 0.05) is 19.6 Å². The largest absolute Gasteiger partial charge is 0.342 e. The van der Waals surface area contributed by atoms with E-state index >= 15 is 0 Å². The van der Waals surface area contributed by atoms with Gasteiger partial charge in [-0.3, -0.25) is 9.59 Å². The van der Waals surface area contributed by atoms with Crippen molar-refractivity contribution in [1.29, 1.82) is 0 Å². The summed E-state index contributed by atoms with van der Waals surface area (Å²) in [6.07, 6.45) is 5.55. The maximum absolute atomic E-state index is 13.0. The normalized spacial score (nSPS) is 24.7. The maximum Gasteiger partial charge on any atom is 0.246 e. The number of carbonyl (C=O) groups is 2. The van der Waals surface area contributed by atoms with Gasteiger partial charge in [-0.05, 0) is 44.6 Å². The van der Waals surface area contributed by atoms with Gasteiger partial charge in [0.1, 0.15) is 11.6 Å². The minimum Gasteiger partial charge on any atom is -0.342 e. The molecule has 0 aromatic carbocycles. The second-order valence-corrected chi connectivity index (χ2v) is 7.87. The summed E-state index contributed by atoms with van der Waals surface area (Å²) in [5.74, 6) is 0.608. The fourth-order valence-electron chi connectivity index (χ4n) is 4.08. The molecule has 24 heavy (non-hydrogen) atoms. The van der Waals surface area contributed by atoms with Gasteiger partial charge in [0.2, 0.25) is 11.8 Å². The molecule has 2 saturated heterocycles. The predicted octanol–water partition coefficient (Wildman–Crippen LogP) is 2.40. The molecule has 0 bridgehead atoms. The van der Waals surface area contributed by atoms with Crippen LogP contribution < -0.4 is 5.32 Å². The Morgan fingerprint density at radius 3 is 2.33 bits per heavy atom. The van der Waals surface area contributed by atoms with Gasteiger partial charge in [0.25, 0.3) is 0 Å². The number of carbonyl (C=O) groups excluding carboxylic acids is 2. The smallest absolute Gasteiger partial charge is 0.246 e. The lowest BCUT2D eigenvalue weighted by atomic mass is 9.80. The molecule has 2 aliphatic rings. The fourth-order valence-corrected chi connectivity index (χ4v) is 4.08. The highest BCUT2D eigenvalue weighted by Crippen LogP contribution is 2.34. The number of likely N-dealkylation sites (tertiary alicyclic amines) is 1. The van der Waals surface area contributed by atoms with Crippen molar-refractivity contribution < 1.29 is 9.59 Å². The number of hydrogen-bond donors (Lipinski definition) is 1. The number of amides is 2. The molecule has 1 N–H and O–H groups in total. The highest BCUT2D eigenvalue weighted by Gasteiger charge is 2.53. The molecule has 1 spiro atoms. The first-order valence-electron chi connectivity index (χ1n) is 9.79. The first-order valence-corrected chi connectivity index (χ1v) is 9.79. The van der Waals surface area contributed by atoms with Crippen LogP contribution in [0.5, 0.6) is 0 Å². The molecule has 138 valence electrons. The standard InChI is InChI=1S/C19H35N3O2/c1-5-7-11-21-12-8-19(9-13-21)18(24)20-16(14-15(3)4)17(23)22(19)10-6-2/h15-16H,5-14H2,1-4H3,(H,20,24). The summed E-state index contributed by atoms with van der Waals surface area (Å²) in [6.45, 7) is 12.1. The first-order chi connectivity index (χ1) is 11.4. The Morgan fingerprint density at radius 2 is 1.79 bits per heavy atom. The molecule has 2 rings (SSSR count). The van der Waals surface area contributed by atoms with E-state index in [1.54, 1.807) is 0 Å². The van der Waals surface area contributed by atoms with Crippen molar-refractivity contribution in [2.45, 2.75) is 77.8 Å². The first kappa shape index (κ1) is 19.2. The Hall–Kier alpha value is -1.10. The van der Waals surface area contributed by atoms with Crippen LogP contribution in [-0.4, -0.2) is 59.4 Å². The number of unbranched alkanes of at least 4 members (excludes halogenated alkanes) is 1. The predicted molar refractivity (Wildman–Crippen MR) is 96.7 cm³/mol. The summed E-state index contributed by atoms with van der Waals surface area (Å²) in [4.78, 5) is 30.4. The molecule has 2 fully saturated rings. The van der Waals surface area contributed by atoms with Gasteiger partial charge in [-0.1, -0.05) is 34.1 Å². The summed E-state index contributed by atoms with van der Waals surface area (Å²) in [7, 11) is 0. The molecule has 2 aliphatic heterocycles. The third kappa shape index (κ3) is 3.93. The van der Waals surface area contributed by atoms with E-state index in [1.165, 1.54) is 12.8 Å². The van der Waals surface area contributed by atoms with E-state index in [0.717, 1.165) is 45.3 Å². The molecule has 0 saturated carbocycles. The average Bonchev–Trinajstić information content (AvgIpc) is 2.55. The maximum atomic E-state index is 13.0. The van der Waals surface area contributed by atoms with Gasteiger partial charge < -0.3 is 15.1 Å². The summed E-state index contributed by atoms with van der Waals surface area (Å²) in [6, 6.07) is -0.340. The van der Waals surface area contributed by atoms with Crippen molar-refractivity contribution in [3.05, 3.63) is 0 Å². The zero-order valence-electron chi connectivity index (χ0n) is 15.9. The van der Waals surface area contributed by atoms with E-state index in [1.807, 2.05) is 4.90 Å². The van der Waals surface area contributed by atoms with Crippen molar-refractivity contribution in [3.63, 3.8) is 0 Å². The Balaban J connectivity index is 2.13. The monoisotopic (exact) mass is 337 g/mol. The van der Waals surface area contributed by atoms with Crippen LogP contribution in [0.15, 0.2) is 0 Å². The third-order valence-electron chi connectivity index (χ3n) is 5.47. The fraction of sp³-hybridized carbons (Fsp3) is 0.895. The summed E-state index contributed by atoms with van der Waals surface area (Å²) in [5.41, 5.74) is -0.608. The molecule has 0 aliphatic carbocycles. The lowest BCUT2D eigenvalue weighted by Gasteiger charge is -2.52. The van der Waals surface area contributed by atoms with Crippen LogP contribution in [0.2, 0.25) is 0 Å². The van der Waals surface area contributed by atoms with Crippen LogP contribution in [0.3, 0.4) is 0 Å². The van der Waals surface area contributed by atoms with E-state index in [-0.39, 0.29) is 17.9 Å². The number of hydrogen-bond acceptors (Lipinski definition) is 3. The average molecular weight is 338 g/mol. The molecular formula is C19H35N3O2. The molecule has 2 heterocycles. The second kappa shape index (κ2) is 8.32. The van der Waals surface area contributed by atoms with Crippen molar-refractivity contribution in [2.75, 3.05) is 26.2 Å². The highest BCUT2D eigenvalue weighted by atomic mass is 16.2. The molecular weight excluding hydrogens is 302 g/mol. The van der Waals surface area contributed by atoms with E-state index in [9.17, 15) is 9.59 Å². The molecule has 0 aromatic heterocycles. The van der Waals surface area contributed by atoms with E-state index in [2.05, 4.69) is 37.9 Å². The van der Waals surface area contributed by atoms with Gasteiger partial charge in [0.05, 0.1) is 0 Å². The van der Waals surface area contributed by atoms with Crippen LogP contribution >= 0.6 is 0 Å². The Labute approximate surface area is 147 Å².